The van der Waals surface area contributed by atoms with E-state index in [1.54, 1.807) is 6.20 Å². The Bertz CT molecular complexity index is 1290. The molecule has 0 aliphatic heterocycles. The number of aromatic nitrogens is 4. The van der Waals surface area contributed by atoms with Crippen molar-refractivity contribution in [2.24, 2.45) is 0 Å². The van der Waals surface area contributed by atoms with Crippen LogP contribution in [0.25, 0.3) is 32.8 Å². The fourth-order valence-corrected chi connectivity index (χ4v) is 3.75. The number of benzene rings is 2. The van der Waals surface area contributed by atoms with Gasteiger partial charge in [-0.3, -0.25) is 4.57 Å². The summed E-state index contributed by atoms with van der Waals surface area (Å²) >= 11 is 0. The number of nitrogens with zero attached hydrogens (tertiary/aromatic N) is 2. The summed E-state index contributed by atoms with van der Waals surface area (Å²) in [4.78, 5) is 23.1. The van der Waals surface area contributed by atoms with Crippen LogP contribution in [0.5, 0.6) is 0 Å². The van der Waals surface area contributed by atoms with Crippen LogP contribution in [0.15, 0.2) is 65.7 Å². The van der Waals surface area contributed by atoms with Gasteiger partial charge in [0.05, 0.1) is 23.3 Å². The summed E-state index contributed by atoms with van der Waals surface area (Å²) in [6.45, 7) is 2.06. The van der Waals surface area contributed by atoms with Crippen LogP contribution in [0, 0.1) is 0 Å². The van der Waals surface area contributed by atoms with E-state index in [2.05, 4.69) is 46.1 Å². The molecule has 0 radical (unpaired) electrons. The molecule has 0 aliphatic carbocycles. The number of hydrogen-bond donors (Lipinski definition) is 2. The van der Waals surface area contributed by atoms with Gasteiger partial charge in [0.15, 0.2) is 0 Å². The first-order valence-electron chi connectivity index (χ1n) is 8.28. The maximum atomic E-state index is 12.7. The van der Waals surface area contributed by atoms with Crippen LogP contribution >= 0.6 is 0 Å². The van der Waals surface area contributed by atoms with E-state index in [9.17, 15) is 4.79 Å². The molecule has 0 saturated heterocycles. The van der Waals surface area contributed by atoms with Crippen LogP contribution in [-0.4, -0.2) is 19.5 Å². The number of fused-ring (bicyclic) bond motifs is 4. The molecule has 0 aliphatic rings. The van der Waals surface area contributed by atoms with Crippen molar-refractivity contribution in [2.45, 2.75) is 13.0 Å². The lowest BCUT2D eigenvalue weighted by atomic mass is 9.99. The average Bonchev–Trinajstić information content (AvgIpc) is 3.23. The van der Waals surface area contributed by atoms with E-state index in [0.717, 1.165) is 33.0 Å². The third-order valence-electron chi connectivity index (χ3n) is 4.92. The van der Waals surface area contributed by atoms with Crippen molar-refractivity contribution in [1.82, 2.24) is 19.5 Å². The van der Waals surface area contributed by atoms with Crippen LogP contribution in [0.1, 0.15) is 18.5 Å². The lowest BCUT2D eigenvalue weighted by Crippen LogP contribution is -2.21. The van der Waals surface area contributed by atoms with Gasteiger partial charge in [0.2, 0.25) is 0 Å². The molecule has 3 aromatic heterocycles. The lowest BCUT2D eigenvalue weighted by molar-refractivity contribution is 0.641. The zero-order valence-corrected chi connectivity index (χ0v) is 13.7. The van der Waals surface area contributed by atoms with E-state index in [4.69, 9.17) is 0 Å². The molecule has 3 heterocycles. The van der Waals surface area contributed by atoms with Crippen molar-refractivity contribution < 1.29 is 0 Å². The number of imidazole rings is 1. The second-order valence-electron chi connectivity index (χ2n) is 6.30. The Morgan fingerprint density at radius 3 is 2.80 bits per heavy atom. The molecule has 25 heavy (non-hydrogen) atoms. The minimum Gasteiger partial charge on any atom is -0.346 e. The van der Waals surface area contributed by atoms with Gasteiger partial charge in [-0.05, 0) is 29.3 Å². The van der Waals surface area contributed by atoms with Gasteiger partial charge in [0, 0.05) is 11.6 Å². The van der Waals surface area contributed by atoms with Crippen molar-refractivity contribution in [2.75, 3.05) is 0 Å². The van der Waals surface area contributed by atoms with Crippen molar-refractivity contribution in [1.29, 1.82) is 0 Å². The van der Waals surface area contributed by atoms with Crippen LogP contribution in [0.2, 0.25) is 0 Å². The van der Waals surface area contributed by atoms with Crippen molar-refractivity contribution in [3.8, 4) is 0 Å². The Kier molecular flexibility index (Phi) is 2.85. The minimum absolute atomic E-state index is 0.104. The van der Waals surface area contributed by atoms with E-state index < -0.39 is 0 Å². The summed E-state index contributed by atoms with van der Waals surface area (Å²) in [6, 6.07) is 16.4. The highest BCUT2D eigenvalue weighted by Gasteiger charge is 2.19. The monoisotopic (exact) mass is 328 g/mol. The largest absolute Gasteiger partial charge is 0.346 e. The first kappa shape index (κ1) is 14.0. The van der Waals surface area contributed by atoms with Gasteiger partial charge in [-0.25, -0.2) is 9.78 Å². The van der Waals surface area contributed by atoms with Gasteiger partial charge in [0.25, 0.3) is 0 Å². The minimum atomic E-state index is -0.120. The van der Waals surface area contributed by atoms with Crippen molar-refractivity contribution in [3.05, 3.63) is 77.0 Å². The smallest absolute Gasteiger partial charge is 0.327 e. The number of rotatable bonds is 2. The highest BCUT2D eigenvalue weighted by molar-refractivity contribution is 6.01. The average molecular weight is 328 g/mol. The fraction of sp³-hybridized carbons (Fsp3) is 0.100. The van der Waals surface area contributed by atoms with Gasteiger partial charge < -0.3 is 9.97 Å². The number of hydrogen-bond acceptors (Lipinski definition) is 2. The predicted octanol–water partition coefficient (Wildman–Crippen LogP) is 3.97. The predicted molar refractivity (Wildman–Crippen MR) is 100.0 cm³/mol. The molecular weight excluding hydrogens is 312 g/mol. The third kappa shape index (κ3) is 1.96. The number of aromatic amines is 2. The molecule has 0 saturated carbocycles. The highest BCUT2D eigenvalue weighted by Crippen LogP contribution is 2.30. The SMILES string of the molecule is CC(c1cccc2ccccc12)n1c(=O)[nH]c2cnc3[nH]ccc3c21. The normalized spacial score (nSPS) is 13.0. The van der Waals surface area contributed by atoms with Crippen LogP contribution in [0.4, 0.5) is 0 Å². The van der Waals surface area contributed by atoms with E-state index in [0.29, 0.717) is 0 Å². The van der Waals surface area contributed by atoms with Crippen LogP contribution in [0.3, 0.4) is 0 Å². The highest BCUT2D eigenvalue weighted by atomic mass is 16.1. The number of H-pyrrole nitrogens is 2. The molecule has 0 bridgehead atoms. The van der Waals surface area contributed by atoms with E-state index in [1.807, 2.05) is 35.0 Å². The van der Waals surface area contributed by atoms with Crippen molar-refractivity contribution in [3.63, 3.8) is 0 Å². The Balaban J connectivity index is 1.84. The summed E-state index contributed by atoms with van der Waals surface area (Å²) < 4.78 is 1.83. The second-order valence-corrected chi connectivity index (χ2v) is 6.30. The van der Waals surface area contributed by atoms with Gasteiger partial charge in [-0.15, -0.1) is 0 Å². The summed E-state index contributed by atoms with van der Waals surface area (Å²) in [7, 11) is 0. The Hall–Kier alpha value is -3.34. The summed E-state index contributed by atoms with van der Waals surface area (Å²) in [6.07, 6.45) is 3.56. The molecule has 2 N–H and O–H groups in total. The molecule has 2 aromatic carbocycles. The molecule has 122 valence electrons. The summed E-state index contributed by atoms with van der Waals surface area (Å²) in [5.74, 6) is 0. The summed E-state index contributed by atoms with van der Waals surface area (Å²) in [5.41, 5.74) is 3.43. The third-order valence-corrected chi connectivity index (χ3v) is 4.92. The standard InChI is InChI=1S/C20H16N4O/c1-12(14-8-4-6-13-5-2-3-7-15(13)14)24-18-16-9-10-21-19(16)22-11-17(18)23-20(24)25/h2-12H,1H3,(H,21,22)(H,23,25). The van der Waals surface area contributed by atoms with Gasteiger partial charge >= 0.3 is 5.69 Å². The molecule has 0 amide bonds. The van der Waals surface area contributed by atoms with E-state index in [-0.39, 0.29) is 11.7 Å². The number of nitrogens with one attached hydrogen (secondary N) is 2. The molecule has 5 nitrogen and oxygen atoms in total. The Morgan fingerprint density at radius 2 is 1.88 bits per heavy atom. The van der Waals surface area contributed by atoms with Crippen LogP contribution in [-0.2, 0) is 0 Å². The van der Waals surface area contributed by atoms with E-state index >= 15 is 0 Å². The quantitative estimate of drug-likeness (QED) is 0.515. The van der Waals surface area contributed by atoms with Gasteiger partial charge in [-0.2, -0.15) is 0 Å². The molecule has 5 aromatic rings. The van der Waals surface area contributed by atoms with E-state index in [1.165, 1.54) is 5.39 Å². The fourth-order valence-electron chi connectivity index (χ4n) is 3.75. The lowest BCUT2D eigenvalue weighted by Gasteiger charge is -2.17. The molecule has 1 unspecified atom stereocenters. The van der Waals surface area contributed by atoms with Gasteiger partial charge in [0.1, 0.15) is 5.65 Å². The molecular formula is C20H16N4O. The first-order chi connectivity index (χ1) is 12.2. The van der Waals surface area contributed by atoms with Crippen molar-refractivity contribution >= 4 is 32.8 Å². The first-order valence-corrected chi connectivity index (χ1v) is 8.28. The van der Waals surface area contributed by atoms with Gasteiger partial charge in [-0.1, -0.05) is 42.5 Å². The molecule has 0 fully saturated rings. The molecule has 1 atom stereocenters. The molecule has 0 spiro atoms. The maximum absolute atomic E-state index is 12.7. The zero-order valence-electron chi connectivity index (χ0n) is 13.7. The maximum Gasteiger partial charge on any atom is 0.327 e. The van der Waals surface area contributed by atoms with Crippen LogP contribution < -0.4 is 5.69 Å². The topological polar surface area (TPSA) is 66.5 Å². The Morgan fingerprint density at radius 1 is 1.04 bits per heavy atom. The second kappa shape index (κ2) is 5.08. The molecule has 5 heteroatoms. The zero-order chi connectivity index (χ0) is 17.0. The number of pyridine rings is 1. The summed E-state index contributed by atoms with van der Waals surface area (Å²) in [5, 5.41) is 3.29. The Labute approximate surface area is 142 Å². The molecule has 5 rings (SSSR count).